The van der Waals surface area contributed by atoms with Crippen molar-refractivity contribution < 1.29 is 27.9 Å². The molecule has 0 aliphatic carbocycles. The van der Waals surface area contributed by atoms with Crippen LogP contribution in [0.25, 0.3) is 0 Å². The van der Waals surface area contributed by atoms with E-state index < -0.39 is 41.7 Å². The Morgan fingerprint density at radius 1 is 0.825 bits per heavy atom. The quantitative estimate of drug-likeness (QED) is 0.291. The first-order chi connectivity index (χ1) is 19.3. The molecule has 2 unspecified atom stereocenters. The maximum absolute atomic E-state index is 14.0. The lowest BCUT2D eigenvalue weighted by molar-refractivity contribution is -0.121. The monoisotopic (exact) mass is 541 g/mol. The molecule has 7 nitrogen and oxygen atoms in total. The van der Waals surface area contributed by atoms with Gasteiger partial charge in [0, 0.05) is 11.4 Å². The Morgan fingerprint density at radius 2 is 1.45 bits per heavy atom. The minimum Gasteiger partial charge on any atom is -0.438 e. The van der Waals surface area contributed by atoms with Gasteiger partial charge in [-0.15, -0.1) is 0 Å². The Balaban J connectivity index is 1.39. The van der Waals surface area contributed by atoms with E-state index in [0.717, 1.165) is 11.1 Å². The third-order valence-corrected chi connectivity index (χ3v) is 6.55. The number of ether oxygens (including phenoxy) is 1. The third-order valence-electron chi connectivity index (χ3n) is 6.55. The molecule has 4 aromatic carbocycles. The topological polar surface area (TPSA) is 87.7 Å². The first-order valence-electron chi connectivity index (χ1n) is 12.5. The zero-order valence-electron chi connectivity index (χ0n) is 21.4. The third kappa shape index (κ3) is 5.83. The van der Waals surface area contributed by atoms with Gasteiger partial charge in [-0.2, -0.15) is 0 Å². The highest BCUT2D eigenvalue weighted by atomic mass is 19.1. The molecule has 0 saturated carbocycles. The van der Waals surface area contributed by atoms with Gasteiger partial charge in [-0.1, -0.05) is 54.1 Å². The Kier molecular flexibility index (Phi) is 7.54. The second kappa shape index (κ2) is 11.4. The molecule has 1 saturated heterocycles. The summed E-state index contributed by atoms with van der Waals surface area (Å²) in [5.74, 6) is -2.21. The average Bonchev–Trinajstić information content (AvgIpc) is 3.27. The molecule has 40 heavy (non-hydrogen) atoms. The molecule has 2 N–H and O–H groups in total. The fourth-order valence-electron chi connectivity index (χ4n) is 4.45. The molecular formula is C31H25F2N3O4. The lowest BCUT2D eigenvalue weighted by atomic mass is 10.00. The van der Waals surface area contributed by atoms with Crippen molar-refractivity contribution in [3.63, 3.8) is 0 Å². The molecule has 3 amide bonds. The van der Waals surface area contributed by atoms with Crippen molar-refractivity contribution >= 4 is 29.3 Å². The van der Waals surface area contributed by atoms with Crippen LogP contribution in [0.15, 0.2) is 97.1 Å². The van der Waals surface area contributed by atoms with Gasteiger partial charge < -0.3 is 15.4 Å². The summed E-state index contributed by atoms with van der Waals surface area (Å²) in [4.78, 5) is 40.4. The van der Waals surface area contributed by atoms with Crippen molar-refractivity contribution in [3.8, 4) is 0 Å². The standard InChI is InChI=1S/C31H25F2N3O4/c1-19-6-8-20(9-7-19)18-36-27(30(38)35-24-16-12-22(32)13-17-24)28(40-31(36)39)21-10-14-23(15-11-21)34-29(37)25-4-2-3-5-26(25)33/h2-17,27-28H,18H2,1H3,(H,34,37)(H,35,38). The summed E-state index contributed by atoms with van der Waals surface area (Å²) in [5.41, 5.74) is 3.05. The molecule has 1 heterocycles. The molecule has 5 rings (SSSR count). The van der Waals surface area contributed by atoms with Crippen LogP contribution in [-0.4, -0.2) is 28.8 Å². The van der Waals surface area contributed by atoms with Crippen molar-refractivity contribution in [1.29, 1.82) is 0 Å². The lowest BCUT2D eigenvalue weighted by Gasteiger charge is -2.24. The van der Waals surface area contributed by atoms with E-state index in [0.29, 0.717) is 16.9 Å². The van der Waals surface area contributed by atoms with Gasteiger partial charge in [0.2, 0.25) is 0 Å². The lowest BCUT2D eigenvalue weighted by Crippen LogP contribution is -2.43. The summed E-state index contributed by atoms with van der Waals surface area (Å²) in [6, 6.07) is 23.9. The van der Waals surface area contributed by atoms with E-state index in [1.807, 2.05) is 31.2 Å². The summed E-state index contributed by atoms with van der Waals surface area (Å²) in [6.07, 6.45) is -1.63. The van der Waals surface area contributed by atoms with E-state index in [1.54, 1.807) is 30.3 Å². The number of carbonyl (C=O) groups is 3. The molecular weight excluding hydrogens is 516 g/mol. The molecule has 1 aliphatic rings. The van der Waals surface area contributed by atoms with E-state index in [9.17, 15) is 23.2 Å². The van der Waals surface area contributed by atoms with Gasteiger partial charge in [0.15, 0.2) is 12.1 Å². The molecule has 2 atom stereocenters. The van der Waals surface area contributed by atoms with Crippen molar-refractivity contribution in [2.75, 3.05) is 10.6 Å². The van der Waals surface area contributed by atoms with Crippen LogP contribution in [-0.2, 0) is 16.1 Å². The zero-order valence-corrected chi connectivity index (χ0v) is 21.4. The van der Waals surface area contributed by atoms with E-state index in [1.165, 1.54) is 47.4 Å². The van der Waals surface area contributed by atoms with E-state index >= 15 is 0 Å². The highest BCUT2D eigenvalue weighted by molar-refractivity contribution is 6.04. The predicted octanol–water partition coefficient (Wildman–Crippen LogP) is 6.23. The fourth-order valence-corrected chi connectivity index (χ4v) is 4.45. The number of anilines is 2. The van der Waals surface area contributed by atoms with Crippen LogP contribution in [0, 0.1) is 18.6 Å². The largest absolute Gasteiger partial charge is 0.438 e. The SMILES string of the molecule is Cc1ccc(CN2C(=O)OC(c3ccc(NC(=O)c4ccccc4F)cc3)C2C(=O)Nc2ccc(F)cc2)cc1. The van der Waals surface area contributed by atoms with Crippen LogP contribution < -0.4 is 10.6 Å². The zero-order chi connectivity index (χ0) is 28.2. The number of hydrogen-bond acceptors (Lipinski definition) is 4. The van der Waals surface area contributed by atoms with E-state index in [4.69, 9.17) is 4.74 Å². The number of halogens is 2. The average molecular weight is 542 g/mol. The van der Waals surface area contributed by atoms with Gasteiger partial charge in [-0.3, -0.25) is 14.5 Å². The second-order valence-corrected chi connectivity index (χ2v) is 9.41. The molecule has 1 aliphatic heterocycles. The van der Waals surface area contributed by atoms with Gasteiger partial charge in [0.25, 0.3) is 11.8 Å². The Bertz CT molecular complexity index is 1540. The molecule has 4 aromatic rings. The Morgan fingerprint density at radius 3 is 2.12 bits per heavy atom. The van der Waals surface area contributed by atoms with E-state index in [2.05, 4.69) is 10.6 Å². The van der Waals surface area contributed by atoms with Crippen LogP contribution in [0.5, 0.6) is 0 Å². The van der Waals surface area contributed by atoms with Gasteiger partial charge >= 0.3 is 6.09 Å². The number of carbonyl (C=O) groups excluding carboxylic acids is 3. The Labute approximate surface area is 229 Å². The minimum atomic E-state index is -1.04. The highest BCUT2D eigenvalue weighted by Crippen LogP contribution is 2.35. The van der Waals surface area contributed by atoms with Crippen LogP contribution in [0.4, 0.5) is 25.0 Å². The fraction of sp³-hybridized carbons (Fsp3) is 0.129. The van der Waals surface area contributed by atoms with Gasteiger partial charge in [0.1, 0.15) is 11.6 Å². The van der Waals surface area contributed by atoms with Crippen LogP contribution >= 0.6 is 0 Å². The van der Waals surface area contributed by atoms with Crippen molar-refractivity contribution in [3.05, 3.63) is 131 Å². The summed E-state index contributed by atoms with van der Waals surface area (Å²) in [6.45, 7) is 2.08. The molecule has 0 aromatic heterocycles. The van der Waals surface area contributed by atoms with E-state index in [-0.39, 0.29) is 12.1 Å². The number of rotatable bonds is 7. The summed E-state index contributed by atoms with van der Waals surface area (Å²) in [7, 11) is 0. The number of nitrogens with one attached hydrogen (secondary N) is 2. The van der Waals surface area contributed by atoms with Crippen molar-refractivity contribution in [1.82, 2.24) is 4.90 Å². The predicted molar refractivity (Wildman–Crippen MR) is 146 cm³/mol. The number of amides is 3. The summed E-state index contributed by atoms with van der Waals surface area (Å²) in [5, 5.41) is 5.38. The number of benzene rings is 4. The maximum Gasteiger partial charge on any atom is 0.411 e. The smallest absolute Gasteiger partial charge is 0.411 e. The maximum atomic E-state index is 14.0. The second-order valence-electron chi connectivity index (χ2n) is 9.41. The first kappa shape index (κ1) is 26.6. The normalized spacial score (nSPS) is 16.4. The molecule has 9 heteroatoms. The van der Waals surface area contributed by atoms with Crippen molar-refractivity contribution in [2.24, 2.45) is 0 Å². The van der Waals surface area contributed by atoms with Crippen LogP contribution in [0.3, 0.4) is 0 Å². The highest BCUT2D eigenvalue weighted by Gasteiger charge is 2.47. The van der Waals surface area contributed by atoms with Crippen molar-refractivity contribution in [2.45, 2.75) is 25.6 Å². The number of cyclic esters (lactones) is 1. The van der Waals surface area contributed by atoms with Crippen LogP contribution in [0.1, 0.15) is 33.2 Å². The first-order valence-corrected chi connectivity index (χ1v) is 12.5. The van der Waals surface area contributed by atoms with Gasteiger partial charge in [-0.05, 0) is 66.6 Å². The molecule has 0 radical (unpaired) electrons. The molecule has 0 spiro atoms. The number of nitrogens with zero attached hydrogens (tertiary/aromatic N) is 1. The summed E-state index contributed by atoms with van der Waals surface area (Å²) < 4.78 is 33.1. The number of hydrogen-bond donors (Lipinski definition) is 2. The van der Waals surface area contributed by atoms with Gasteiger partial charge in [-0.25, -0.2) is 13.6 Å². The number of aryl methyl sites for hydroxylation is 1. The van der Waals surface area contributed by atoms with Gasteiger partial charge in [0.05, 0.1) is 12.1 Å². The Hall–Kier alpha value is -5.05. The summed E-state index contributed by atoms with van der Waals surface area (Å²) >= 11 is 0. The minimum absolute atomic E-state index is 0.0967. The molecule has 202 valence electrons. The molecule has 0 bridgehead atoms. The van der Waals surface area contributed by atoms with Crippen LogP contribution in [0.2, 0.25) is 0 Å². The molecule has 1 fully saturated rings.